The molecule has 0 bridgehead atoms. The van der Waals surface area contributed by atoms with Crippen molar-refractivity contribution in [2.75, 3.05) is 66.2 Å². The predicted octanol–water partition coefficient (Wildman–Crippen LogP) is 15.9. The number of aliphatic hydroxyl groups is 2. The minimum atomic E-state index is -3.40. The fourth-order valence-corrected chi connectivity index (χ4v) is 12.1. The van der Waals surface area contributed by atoms with Crippen LogP contribution >= 0.6 is 15.2 Å². The number of rotatable bonds is 36. The molecule has 0 saturated carbocycles. The van der Waals surface area contributed by atoms with E-state index >= 15 is 0 Å². The molecule has 2 saturated heterocycles. The highest BCUT2D eigenvalue weighted by atomic mass is 31.2. The Balaban J connectivity index is 0.000000195. The Hall–Kier alpha value is -6.74. The lowest BCUT2D eigenvalue weighted by Crippen LogP contribution is -2.22. The fraction of sp³-hybridized carbons (Fsp3) is 0.487. The van der Waals surface area contributed by atoms with Gasteiger partial charge in [-0.05, 0) is 310 Å². The van der Waals surface area contributed by atoms with Gasteiger partial charge in [-0.1, -0.05) is 0 Å². The Morgan fingerprint density at radius 1 is 0.360 bits per heavy atom. The van der Waals surface area contributed by atoms with Crippen LogP contribution in [0.15, 0.2) is 147 Å². The second kappa shape index (κ2) is 46.0. The van der Waals surface area contributed by atoms with Crippen LogP contribution in [-0.4, -0.2) is 139 Å². The van der Waals surface area contributed by atoms with Gasteiger partial charge in [0.2, 0.25) is 0 Å². The molecule has 0 spiro atoms. The number of pyridine rings is 8. The van der Waals surface area contributed by atoms with Gasteiger partial charge in [-0.3, -0.25) is 49.0 Å². The molecule has 0 aliphatic carbocycles. The van der Waals surface area contributed by atoms with Crippen molar-refractivity contribution in [2.24, 2.45) is 0 Å². The van der Waals surface area contributed by atoms with Crippen molar-refractivity contribution < 1.29 is 57.1 Å². The van der Waals surface area contributed by atoms with Crippen molar-refractivity contribution in [3.63, 3.8) is 0 Å². The zero-order valence-corrected chi connectivity index (χ0v) is 61.0. The van der Waals surface area contributed by atoms with Crippen molar-refractivity contribution in [3.05, 3.63) is 191 Å². The number of aliphatic hydroxyl groups excluding tert-OH is 2. The normalized spacial score (nSPS) is 15.6. The summed E-state index contributed by atoms with van der Waals surface area (Å²) in [6, 6.07) is 32.8. The topological polar surface area (TPSA) is 274 Å². The van der Waals surface area contributed by atoms with Crippen LogP contribution in [0.5, 0.6) is 0 Å². The van der Waals surface area contributed by atoms with Gasteiger partial charge in [0.05, 0.1) is 58.8 Å². The minimum Gasteiger partial charge on any atom is -0.396 e. The highest BCUT2D eigenvalue weighted by molar-refractivity contribution is 7.52. The van der Waals surface area contributed by atoms with Crippen molar-refractivity contribution >= 4 is 15.2 Å². The summed E-state index contributed by atoms with van der Waals surface area (Å²) < 4.78 is 54.9. The van der Waals surface area contributed by atoms with Gasteiger partial charge in [0.15, 0.2) is 12.6 Å². The van der Waals surface area contributed by atoms with E-state index in [9.17, 15) is 9.13 Å². The van der Waals surface area contributed by atoms with Gasteiger partial charge >= 0.3 is 15.2 Å². The first-order valence-electron chi connectivity index (χ1n) is 35.7. The summed E-state index contributed by atoms with van der Waals surface area (Å²) in [5, 5.41) is 17.7. The van der Waals surface area contributed by atoms with Crippen LogP contribution in [0.2, 0.25) is 0 Å². The molecule has 10 heterocycles. The maximum Gasteiger partial charge on any atom is 0.325 e. The van der Waals surface area contributed by atoms with E-state index in [1.54, 1.807) is 12.4 Å². The van der Waals surface area contributed by atoms with Crippen LogP contribution in [0.1, 0.15) is 160 Å². The molecule has 8 aromatic heterocycles. The molecule has 0 radical (unpaired) electrons. The van der Waals surface area contributed by atoms with Crippen LogP contribution < -0.4 is 0 Å². The maximum absolute atomic E-state index is 11.1. The van der Waals surface area contributed by atoms with E-state index in [1.165, 1.54) is 59.6 Å². The third-order valence-corrected chi connectivity index (χ3v) is 17.9. The summed E-state index contributed by atoms with van der Waals surface area (Å²) >= 11 is 0. The Morgan fingerprint density at radius 2 is 0.610 bits per heavy atom. The van der Waals surface area contributed by atoms with Crippen LogP contribution in [0.3, 0.4) is 0 Å². The molecule has 2 aliphatic heterocycles. The van der Waals surface area contributed by atoms with E-state index in [0.717, 1.165) is 212 Å². The molecule has 20 nitrogen and oxygen atoms in total. The van der Waals surface area contributed by atoms with Crippen molar-refractivity contribution in [3.8, 4) is 45.6 Å². The smallest absolute Gasteiger partial charge is 0.325 e. The van der Waals surface area contributed by atoms with Crippen molar-refractivity contribution in [2.45, 2.75) is 181 Å². The van der Waals surface area contributed by atoms with Crippen LogP contribution in [0, 0.1) is 13.8 Å². The molecule has 8 aromatic rings. The van der Waals surface area contributed by atoms with Gasteiger partial charge in [-0.25, -0.2) is 0 Å². The summed E-state index contributed by atoms with van der Waals surface area (Å²) in [6.45, 7) is 10.7. The summed E-state index contributed by atoms with van der Waals surface area (Å²) in [7, 11) is -6.80. The maximum atomic E-state index is 11.1. The molecule has 540 valence electrons. The van der Waals surface area contributed by atoms with E-state index in [4.69, 9.17) is 48.0 Å². The number of ether oxygens (including phenoxy) is 4. The van der Waals surface area contributed by atoms with E-state index in [2.05, 4.69) is 90.1 Å². The molecule has 0 amide bonds. The molecule has 100 heavy (non-hydrogen) atoms. The number of hydrogen-bond acceptors (Lipinski definition) is 18. The Kier molecular flexibility index (Phi) is 37.1. The summed E-state index contributed by atoms with van der Waals surface area (Å²) in [6.07, 6.45) is 38.0. The molecule has 10 rings (SSSR count). The number of aromatic nitrogens is 8. The second-order valence-electron chi connectivity index (χ2n) is 25.5. The first kappa shape index (κ1) is 80.6. The molecule has 4 unspecified atom stereocenters. The number of unbranched alkanes of at least 4 members (excludes halogenated alkanes) is 6. The third-order valence-electron chi connectivity index (χ3n) is 16.6. The molecule has 22 heteroatoms. The van der Waals surface area contributed by atoms with E-state index in [0.29, 0.717) is 12.8 Å². The third kappa shape index (κ3) is 33.4. The lowest BCUT2D eigenvalue weighted by molar-refractivity contribution is -0.163. The molecule has 4 atom stereocenters. The van der Waals surface area contributed by atoms with Crippen molar-refractivity contribution in [1.29, 1.82) is 0 Å². The van der Waals surface area contributed by atoms with Gasteiger partial charge in [0.25, 0.3) is 0 Å². The van der Waals surface area contributed by atoms with Gasteiger partial charge in [0, 0.05) is 103 Å². The summed E-state index contributed by atoms with van der Waals surface area (Å²) in [5.74, 6) is 0. The van der Waals surface area contributed by atoms with Gasteiger partial charge < -0.3 is 48.0 Å². The van der Waals surface area contributed by atoms with Gasteiger partial charge in [0.1, 0.15) is 0 Å². The molecule has 2 aliphatic rings. The molecular formula is C78H106N8O12P2. The van der Waals surface area contributed by atoms with Crippen LogP contribution in [-0.2, 0) is 75.6 Å². The lowest BCUT2D eigenvalue weighted by Gasteiger charge is -2.22. The van der Waals surface area contributed by atoms with Gasteiger partial charge in [-0.2, -0.15) is 0 Å². The predicted molar refractivity (Wildman–Crippen MR) is 394 cm³/mol. The van der Waals surface area contributed by atoms with Crippen molar-refractivity contribution in [1.82, 2.24) is 39.9 Å². The average molecular weight is 1410 g/mol. The quantitative estimate of drug-likeness (QED) is 0.0210. The zero-order chi connectivity index (χ0) is 70.9. The Bertz CT molecular complexity index is 3460. The SMILES string of the molecule is CP(=O)(O)OCCCCc1ccnc(-c2cc(CCCCOP(C)(=O)O)ccn2)c1.Cc1ccnc(-c2cc(C)ccn2)c1.OCCCCc1ccnc(-c2cc(CCCCO)ccn2)c1.c1cc(CCCCOC2CCCCO2)cc(-c2cc(CCCCOC3CCCCO3)ccn2)n1. The Morgan fingerprint density at radius 3 is 0.850 bits per heavy atom. The highest BCUT2D eigenvalue weighted by Gasteiger charge is 2.16. The second-order valence-corrected chi connectivity index (χ2v) is 29.3. The lowest BCUT2D eigenvalue weighted by atomic mass is 10.1. The van der Waals surface area contributed by atoms with E-state index in [-0.39, 0.29) is 39.0 Å². The number of aryl methyl sites for hydroxylation is 8. The monoisotopic (exact) mass is 1410 g/mol. The molecule has 0 aromatic carbocycles. The van der Waals surface area contributed by atoms with E-state index < -0.39 is 15.2 Å². The molecule has 2 fully saturated rings. The molecule has 4 N–H and O–H groups in total. The van der Waals surface area contributed by atoms with Crippen LogP contribution in [0.25, 0.3) is 45.6 Å². The largest absolute Gasteiger partial charge is 0.396 e. The fourth-order valence-electron chi connectivity index (χ4n) is 11.2. The standard InChI is InChI=1S/C28H40N2O4.C20H30N2O6P2.C18H24N2O2.C12H12N2/c1(5-17-31-27-11-3-7-19-33-27)9-23-13-15-29-25(21-23)26-22-24(14-16-30-26)10-2-6-18-32-28-12-4-8-20-34-28;1-29(23,24)27-13-5-3-7-17-9-11-21-19(15-17)20-16-18(10-12-22-20)8-4-6-14-28-30(2,25)26;21-11-3-1-5-15-7-9-19-17(13-15)18-14-16(8-10-20-18)6-2-4-12-22;1-9-3-5-13-11(7-9)12-8-10(2)4-6-14-12/h13-16,21-22,27-28H,1-12,17-20H2;9-12,15-16H,3-8,13-14H2,1-2H3,(H,23,24)(H,25,26);7-10,13-14,21-22H,1-6,11-12H2;3-8H,1-2H3. The molecular weight excluding hydrogens is 1300 g/mol. The first-order valence-corrected chi connectivity index (χ1v) is 39.8. The van der Waals surface area contributed by atoms with Gasteiger partial charge in [-0.15, -0.1) is 0 Å². The minimum absolute atomic E-state index is 0.0121. The average Bonchev–Trinajstić information content (AvgIpc) is 0.870. The van der Waals surface area contributed by atoms with E-state index in [1.807, 2.05) is 97.8 Å². The highest BCUT2D eigenvalue weighted by Crippen LogP contribution is 2.37. The first-order chi connectivity index (χ1) is 48.6. The Labute approximate surface area is 592 Å². The number of hydrogen-bond donors (Lipinski definition) is 4. The summed E-state index contributed by atoms with van der Waals surface area (Å²) in [4.78, 5) is 53.7. The zero-order valence-electron chi connectivity index (χ0n) is 59.2. The van der Waals surface area contributed by atoms with Crippen LogP contribution in [0.4, 0.5) is 0 Å². The summed E-state index contributed by atoms with van der Waals surface area (Å²) in [5.41, 5.74) is 16.9. The number of nitrogens with zero attached hydrogens (tertiary/aromatic N) is 8.